The van der Waals surface area contributed by atoms with Crippen molar-refractivity contribution in [1.29, 1.82) is 0 Å². The van der Waals surface area contributed by atoms with E-state index in [4.69, 9.17) is 0 Å². The summed E-state index contributed by atoms with van der Waals surface area (Å²) in [5, 5.41) is 3.35. The quantitative estimate of drug-likeness (QED) is 0.630. The van der Waals surface area contributed by atoms with Gasteiger partial charge >= 0.3 is 0 Å². The molecule has 0 unspecified atom stereocenters. The first-order valence-corrected chi connectivity index (χ1v) is 5.04. The molecule has 0 saturated heterocycles. The topological polar surface area (TPSA) is 17.1 Å². The normalized spacial score (nSPS) is 10.6. The maximum Gasteiger partial charge on any atom is 0.151 e. The van der Waals surface area contributed by atoms with E-state index in [1.807, 2.05) is 12.1 Å². The van der Waals surface area contributed by atoms with Crippen LogP contribution in [0, 0.1) is 13.8 Å². The Morgan fingerprint density at radius 3 is 2.69 bits per heavy atom. The van der Waals surface area contributed by atoms with Crippen molar-refractivity contribution in [3.8, 4) is 0 Å². The van der Waals surface area contributed by atoms with Gasteiger partial charge in [0, 0.05) is 10.3 Å². The summed E-state index contributed by atoms with van der Waals surface area (Å²) in [5.41, 5.74) is 3.32. The predicted molar refractivity (Wildman–Crippen MR) is 56.7 cm³/mol. The monoisotopic (exact) mass is 190 g/mol. The van der Waals surface area contributed by atoms with Crippen molar-refractivity contribution in [1.82, 2.24) is 0 Å². The van der Waals surface area contributed by atoms with Gasteiger partial charge in [-0.25, -0.2) is 0 Å². The molecule has 1 aromatic carbocycles. The molecule has 0 bridgehead atoms. The van der Waals surface area contributed by atoms with E-state index >= 15 is 0 Å². The van der Waals surface area contributed by atoms with Gasteiger partial charge in [-0.1, -0.05) is 6.07 Å². The first kappa shape index (κ1) is 8.45. The molecule has 2 rings (SSSR count). The molecule has 0 atom stereocenters. The van der Waals surface area contributed by atoms with Gasteiger partial charge in [0.05, 0.1) is 0 Å². The number of aldehydes is 1. The maximum absolute atomic E-state index is 10.7. The molecule has 66 valence electrons. The zero-order valence-electron chi connectivity index (χ0n) is 7.63. The molecule has 0 N–H and O–H groups in total. The number of rotatable bonds is 1. The van der Waals surface area contributed by atoms with Crippen molar-refractivity contribution in [2.45, 2.75) is 13.8 Å². The minimum Gasteiger partial charge on any atom is -0.298 e. The molecule has 2 heteroatoms. The van der Waals surface area contributed by atoms with Gasteiger partial charge < -0.3 is 0 Å². The molecule has 0 fully saturated rings. The van der Waals surface area contributed by atoms with Crippen LogP contribution in [0.3, 0.4) is 0 Å². The molecule has 0 spiro atoms. The van der Waals surface area contributed by atoms with Gasteiger partial charge in [-0.2, -0.15) is 0 Å². The summed E-state index contributed by atoms with van der Waals surface area (Å²) in [6.45, 7) is 4.16. The molecule has 0 amide bonds. The average Bonchev–Trinajstić information content (AvgIpc) is 2.50. The number of carbonyl (C=O) groups excluding carboxylic acids is 1. The first-order chi connectivity index (χ1) is 6.24. The fourth-order valence-electron chi connectivity index (χ4n) is 1.61. The van der Waals surface area contributed by atoms with Crippen LogP contribution in [0.1, 0.15) is 21.5 Å². The third-order valence-corrected chi connectivity index (χ3v) is 3.42. The fraction of sp³-hybridized carbons (Fsp3) is 0.182. The van der Waals surface area contributed by atoms with Crippen LogP contribution in [0.25, 0.3) is 10.1 Å². The highest BCUT2D eigenvalue weighted by Crippen LogP contribution is 2.30. The summed E-state index contributed by atoms with van der Waals surface area (Å²) >= 11 is 1.65. The van der Waals surface area contributed by atoms with Crippen molar-refractivity contribution in [2.75, 3.05) is 0 Å². The third-order valence-electron chi connectivity index (χ3n) is 2.27. The summed E-state index contributed by atoms with van der Waals surface area (Å²) in [6, 6.07) is 3.90. The number of fused-ring (bicyclic) bond motifs is 1. The van der Waals surface area contributed by atoms with Crippen molar-refractivity contribution in [2.24, 2.45) is 0 Å². The van der Waals surface area contributed by atoms with E-state index < -0.39 is 0 Å². The predicted octanol–water partition coefficient (Wildman–Crippen LogP) is 3.33. The van der Waals surface area contributed by atoms with Gasteiger partial charge in [0.25, 0.3) is 0 Å². The Labute approximate surface area is 81.0 Å². The molecular formula is C11H10OS. The summed E-state index contributed by atoms with van der Waals surface area (Å²) in [6.07, 6.45) is 0.928. The maximum atomic E-state index is 10.7. The van der Waals surface area contributed by atoms with Gasteiger partial charge in [-0.15, -0.1) is 11.3 Å². The van der Waals surface area contributed by atoms with Crippen LogP contribution in [0.4, 0.5) is 0 Å². The van der Waals surface area contributed by atoms with Gasteiger partial charge in [-0.3, -0.25) is 4.79 Å². The fourth-order valence-corrected chi connectivity index (χ4v) is 2.72. The number of hydrogen-bond acceptors (Lipinski definition) is 2. The van der Waals surface area contributed by atoms with E-state index in [1.54, 1.807) is 11.3 Å². The Morgan fingerprint density at radius 1 is 1.23 bits per heavy atom. The van der Waals surface area contributed by atoms with E-state index in [-0.39, 0.29) is 0 Å². The average molecular weight is 190 g/mol. The highest BCUT2D eigenvalue weighted by molar-refractivity contribution is 7.17. The van der Waals surface area contributed by atoms with E-state index in [9.17, 15) is 4.79 Å². The molecule has 0 aliphatic rings. The Bertz CT molecular complexity index is 468. The number of hydrogen-bond donors (Lipinski definition) is 0. The van der Waals surface area contributed by atoms with E-state index in [0.717, 1.165) is 16.5 Å². The lowest BCUT2D eigenvalue weighted by Crippen LogP contribution is -1.82. The summed E-state index contributed by atoms with van der Waals surface area (Å²) in [7, 11) is 0. The lowest BCUT2D eigenvalue weighted by atomic mass is 10.1. The van der Waals surface area contributed by atoms with Crippen LogP contribution in [0.2, 0.25) is 0 Å². The number of carbonyl (C=O) groups is 1. The molecule has 1 heterocycles. The van der Waals surface area contributed by atoms with Crippen LogP contribution in [-0.4, -0.2) is 6.29 Å². The molecule has 1 nitrogen and oxygen atoms in total. The zero-order valence-corrected chi connectivity index (χ0v) is 8.44. The van der Waals surface area contributed by atoms with Crippen LogP contribution in [0.5, 0.6) is 0 Å². The Hall–Kier alpha value is -1.15. The second-order valence-electron chi connectivity index (χ2n) is 3.21. The van der Waals surface area contributed by atoms with E-state index in [1.165, 1.54) is 16.5 Å². The van der Waals surface area contributed by atoms with Crippen molar-refractivity contribution >= 4 is 27.7 Å². The van der Waals surface area contributed by atoms with Gasteiger partial charge in [0.2, 0.25) is 0 Å². The molecule has 0 radical (unpaired) electrons. The number of aryl methyl sites for hydroxylation is 2. The van der Waals surface area contributed by atoms with Gasteiger partial charge in [0.1, 0.15) is 0 Å². The van der Waals surface area contributed by atoms with Crippen molar-refractivity contribution in [3.05, 3.63) is 34.2 Å². The van der Waals surface area contributed by atoms with Crippen LogP contribution in [-0.2, 0) is 0 Å². The van der Waals surface area contributed by atoms with E-state index in [0.29, 0.717) is 0 Å². The Balaban J connectivity index is 2.95. The standard InChI is InChI=1S/C11H10OS/c1-7-3-4-9(5-12)11-10(7)8(2)6-13-11/h3-6H,1-2H3. The molecule has 0 saturated carbocycles. The smallest absolute Gasteiger partial charge is 0.151 e. The molecule has 0 aliphatic heterocycles. The second kappa shape index (κ2) is 2.96. The SMILES string of the molecule is Cc1ccc(C=O)c2scc(C)c12. The summed E-state index contributed by atoms with van der Waals surface area (Å²) in [5.74, 6) is 0. The minimum absolute atomic E-state index is 0.804. The van der Waals surface area contributed by atoms with Crippen LogP contribution in [0.15, 0.2) is 17.5 Å². The molecular weight excluding hydrogens is 180 g/mol. The van der Waals surface area contributed by atoms with Gasteiger partial charge in [-0.05, 0) is 41.8 Å². The second-order valence-corrected chi connectivity index (χ2v) is 4.09. The Kier molecular flexibility index (Phi) is 1.93. The molecule has 1 aromatic heterocycles. The number of benzene rings is 1. The van der Waals surface area contributed by atoms with Crippen molar-refractivity contribution in [3.63, 3.8) is 0 Å². The molecule has 2 aromatic rings. The largest absolute Gasteiger partial charge is 0.298 e. The summed E-state index contributed by atoms with van der Waals surface area (Å²) < 4.78 is 1.12. The van der Waals surface area contributed by atoms with Crippen molar-refractivity contribution < 1.29 is 4.79 Å². The molecule has 13 heavy (non-hydrogen) atoms. The Morgan fingerprint density at radius 2 is 2.00 bits per heavy atom. The highest BCUT2D eigenvalue weighted by atomic mass is 32.1. The highest BCUT2D eigenvalue weighted by Gasteiger charge is 2.06. The van der Waals surface area contributed by atoms with Crippen LogP contribution >= 0.6 is 11.3 Å². The minimum atomic E-state index is 0.804. The lowest BCUT2D eigenvalue weighted by Gasteiger charge is -1.99. The van der Waals surface area contributed by atoms with Crippen LogP contribution < -0.4 is 0 Å². The van der Waals surface area contributed by atoms with Gasteiger partial charge in [0.15, 0.2) is 6.29 Å². The zero-order chi connectivity index (χ0) is 9.42. The summed E-state index contributed by atoms with van der Waals surface area (Å²) in [4.78, 5) is 10.7. The number of thiophene rings is 1. The molecule has 0 aliphatic carbocycles. The van der Waals surface area contributed by atoms with E-state index in [2.05, 4.69) is 19.2 Å². The third kappa shape index (κ3) is 1.18. The lowest BCUT2D eigenvalue weighted by molar-refractivity contribution is 0.112. The first-order valence-electron chi connectivity index (χ1n) is 4.16.